The summed E-state index contributed by atoms with van der Waals surface area (Å²) in [5.74, 6) is 0. The Bertz CT molecular complexity index is 220. The smallest absolute Gasteiger partial charge is 0.0443 e. The number of nitrogens with zero attached hydrogens (tertiary/aromatic N) is 1. The van der Waals surface area contributed by atoms with Crippen molar-refractivity contribution in [2.24, 2.45) is 0 Å². The first-order valence-electron chi connectivity index (χ1n) is 8.16. The normalized spacial score (nSPS) is 14.6. The zero-order chi connectivity index (χ0) is 15.9. The van der Waals surface area contributed by atoms with Crippen LogP contribution in [-0.2, 0) is 0 Å². The highest BCUT2D eigenvalue weighted by Gasteiger charge is 2.15. The van der Waals surface area contributed by atoms with Gasteiger partial charge in [-0.15, -0.1) is 0 Å². The third kappa shape index (κ3) is 12.0. The summed E-state index contributed by atoms with van der Waals surface area (Å²) in [7, 11) is 0. The van der Waals surface area contributed by atoms with Crippen LogP contribution in [0.5, 0.6) is 0 Å². The molecule has 0 saturated heterocycles. The Morgan fingerprint density at radius 3 is 2.14 bits per heavy atom. The largest absolute Gasteiger partial charge is 0.396 e. The van der Waals surface area contributed by atoms with Gasteiger partial charge >= 0.3 is 0 Å². The second-order valence-corrected chi connectivity index (χ2v) is 5.63. The molecule has 0 saturated carbocycles. The van der Waals surface area contributed by atoms with E-state index in [0.29, 0.717) is 12.1 Å². The molecule has 0 radical (unpaired) electrons. The number of hydrogen-bond acceptors (Lipinski definition) is 6. The minimum atomic E-state index is 0.216. The molecule has 5 N–H and O–H groups in total. The fourth-order valence-corrected chi connectivity index (χ4v) is 2.25. The SMILES string of the molecule is CC(CN(CCCO)C(C)CNCCCO)NCCCO. The average molecular weight is 305 g/mol. The van der Waals surface area contributed by atoms with Crippen LogP contribution in [0.15, 0.2) is 0 Å². The highest BCUT2D eigenvalue weighted by atomic mass is 16.3. The Morgan fingerprint density at radius 2 is 1.52 bits per heavy atom. The lowest BCUT2D eigenvalue weighted by Crippen LogP contribution is -2.47. The van der Waals surface area contributed by atoms with Crippen LogP contribution in [0.3, 0.4) is 0 Å². The second-order valence-electron chi connectivity index (χ2n) is 5.63. The first-order chi connectivity index (χ1) is 10.2. The molecule has 0 aromatic heterocycles. The first kappa shape index (κ1) is 20.8. The zero-order valence-electron chi connectivity index (χ0n) is 13.7. The maximum absolute atomic E-state index is 9.04. The summed E-state index contributed by atoms with van der Waals surface area (Å²) in [6.07, 6.45) is 2.34. The molecule has 0 aliphatic rings. The van der Waals surface area contributed by atoms with Gasteiger partial charge in [0, 0.05) is 51.5 Å². The maximum atomic E-state index is 9.04. The van der Waals surface area contributed by atoms with Gasteiger partial charge in [0.1, 0.15) is 0 Å². The average Bonchev–Trinajstić information content (AvgIpc) is 2.48. The molecular formula is C15H35N3O3. The van der Waals surface area contributed by atoms with Gasteiger partial charge in [0.05, 0.1) is 0 Å². The van der Waals surface area contributed by atoms with E-state index < -0.39 is 0 Å². The third-order valence-electron chi connectivity index (χ3n) is 3.51. The van der Waals surface area contributed by atoms with Crippen LogP contribution in [0.1, 0.15) is 33.1 Å². The van der Waals surface area contributed by atoms with E-state index in [1.165, 1.54) is 0 Å². The van der Waals surface area contributed by atoms with Crippen LogP contribution in [0.4, 0.5) is 0 Å². The predicted octanol–water partition coefficient (Wildman–Crippen LogP) is -0.608. The van der Waals surface area contributed by atoms with Gasteiger partial charge in [-0.2, -0.15) is 0 Å². The van der Waals surface area contributed by atoms with Crippen molar-refractivity contribution in [3.05, 3.63) is 0 Å². The molecular weight excluding hydrogens is 270 g/mol. The van der Waals surface area contributed by atoms with Crippen molar-refractivity contribution in [2.75, 3.05) is 52.5 Å². The fraction of sp³-hybridized carbons (Fsp3) is 1.00. The van der Waals surface area contributed by atoms with Crippen LogP contribution in [0.2, 0.25) is 0 Å². The van der Waals surface area contributed by atoms with E-state index in [9.17, 15) is 0 Å². The number of aliphatic hydroxyl groups is 3. The summed E-state index contributed by atoms with van der Waals surface area (Å²) in [6.45, 7) is 9.34. The third-order valence-corrected chi connectivity index (χ3v) is 3.51. The number of nitrogens with one attached hydrogen (secondary N) is 2. The van der Waals surface area contributed by atoms with Crippen molar-refractivity contribution in [1.29, 1.82) is 0 Å². The zero-order valence-corrected chi connectivity index (χ0v) is 13.7. The van der Waals surface area contributed by atoms with E-state index in [0.717, 1.165) is 52.0 Å². The molecule has 21 heavy (non-hydrogen) atoms. The van der Waals surface area contributed by atoms with Gasteiger partial charge in [0.2, 0.25) is 0 Å². The molecule has 6 heteroatoms. The molecule has 0 aromatic carbocycles. The summed E-state index contributed by atoms with van der Waals surface area (Å²) in [4.78, 5) is 2.37. The van der Waals surface area contributed by atoms with Crippen molar-refractivity contribution in [2.45, 2.75) is 45.2 Å². The van der Waals surface area contributed by atoms with E-state index in [4.69, 9.17) is 15.3 Å². The Kier molecular flexibility index (Phi) is 14.5. The van der Waals surface area contributed by atoms with Crippen molar-refractivity contribution in [3.63, 3.8) is 0 Å². The number of hydrogen-bond donors (Lipinski definition) is 5. The molecule has 6 nitrogen and oxygen atoms in total. The molecule has 0 heterocycles. The molecule has 0 aliphatic carbocycles. The van der Waals surface area contributed by atoms with Crippen molar-refractivity contribution < 1.29 is 15.3 Å². The summed E-state index contributed by atoms with van der Waals surface area (Å²) in [5, 5.41) is 33.4. The summed E-state index contributed by atoms with van der Waals surface area (Å²) < 4.78 is 0. The van der Waals surface area contributed by atoms with E-state index in [1.54, 1.807) is 0 Å². The maximum Gasteiger partial charge on any atom is 0.0443 e. The number of aliphatic hydroxyl groups excluding tert-OH is 3. The molecule has 0 bridgehead atoms. The van der Waals surface area contributed by atoms with Crippen LogP contribution in [-0.4, -0.2) is 84.8 Å². The van der Waals surface area contributed by atoms with Crippen LogP contribution in [0, 0.1) is 0 Å². The second kappa shape index (κ2) is 14.7. The summed E-state index contributed by atoms with van der Waals surface area (Å²) >= 11 is 0. The molecule has 0 amide bonds. The predicted molar refractivity (Wildman–Crippen MR) is 86.5 cm³/mol. The topological polar surface area (TPSA) is 88.0 Å². The highest BCUT2D eigenvalue weighted by molar-refractivity contribution is 4.75. The summed E-state index contributed by atoms with van der Waals surface area (Å²) in [6, 6.07) is 0.743. The number of rotatable bonds is 15. The van der Waals surface area contributed by atoms with Crippen LogP contribution >= 0.6 is 0 Å². The lowest BCUT2D eigenvalue weighted by molar-refractivity contribution is 0.165. The van der Waals surface area contributed by atoms with E-state index in [2.05, 4.69) is 29.4 Å². The summed E-state index contributed by atoms with van der Waals surface area (Å²) in [5.41, 5.74) is 0. The van der Waals surface area contributed by atoms with E-state index >= 15 is 0 Å². The van der Waals surface area contributed by atoms with Gasteiger partial charge in [-0.1, -0.05) is 0 Å². The van der Waals surface area contributed by atoms with Crippen LogP contribution < -0.4 is 10.6 Å². The van der Waals surface area contributed by atoms with Crippen molar-refractivity contribution in [3.8, 4) is 0 Å². The lowest BCUT2D eigenvalue weighted by atomic mass is 10.2. The molecule has 2 atom stereocenters. The minimum absolute atomic E-state index is 0.216. The molecule has 0 spiro atoms. The van der Waals surface area contributed by atoms with Crippen molar-refractivity contribution >= 4 is 0 Å². The Morgan fingerprint density at radius 1 is 0.905 bits per heavy atom. The van der Waals surface area contributed by atoms with Gasteiger partial charge in [-0.25, -0.2) is 0 Å². The van der Waals surface area contributed by atoms with Gasteiger partial charge in [-0.3, -0.25) is 4.90 Å². The first-order valence-corrected chi connectivity index (χ1v) is 8.16. The van der Waals surface area contributed by atoms with Crippen LogP contribution in [0.25, 0.3) is 0 Å². The van der Waals surface area contributed by atoms with Gasteiger partial charge < -0.3 is 26.0 Å². The molecule has 2 unspecified atom stereocenters. The standard InChI is InChI=1S/C15H35N3O3/c1-14(17-7-4-10-20)13-18(8-5-11-21)15(2)12-16-6-3-9-19/h14-17,19-21H,3-13H2,1-2H3. The van der Waals surface area contributed by atoms with Gasteiger partial charge in [-0.05, 0) is 46.2 Å². The molecule has 0 aromatic rings. The minimum Gasteiger partial charge on any atom is -0.396 e. The molecule has 0 rings (SSSR count). The Balaban J connectivity index is 4.09. The molecule has 0 fully saturated rings. The van der Waals surface area contributed by atoms with Crippen molar-refractivity contribution in [1.82, 2.24) is 15.5 Å². The monoisotopic (exact) mass is 305 g/mol. The Labute approximate surface area is 129 Å². The van der Waals surface area contributed by atoms with Gasteiger partial charge in [0.15, 0.2) is 0 Å². The van der Waals surface area contributed by atoms with E-state index in [-0.39, 0.29) is 19.8 Å². The lowest BCUT2D eigenvalue weighted by Gasteiger charge is -2.32. The fourth-order valence-electron chi connectivity index (χ4n) is 2.25. The molecule has 0 aliphatic heterocycles. The highest BCUT2D eigenvalue weighted by Crippen LogP contribution is 2.02. The molecule has 128 valence electrons. The van der Waals surface area contributed by atoms with E-state index in [1.807, 2.05) is 0 Å². The van der Waals surface area contributed by atoms with Gasteiger partial charge in [0.25, 0.3) is 0 Å². The Hall–Kier alpha value is -0.240. The quantitative estimate of drug-likeness (QED) is 0.260.